The molecule has 1 aliphatic rings. The van der Waals surface area contributed by atoms with Crippen LogP contribution >= 0.6 is 0 Å². The molecule has 1 amide bonds. The molecule has 112 valence electrons. The van der Waals surface area contributed by atoms with E-state index in [1.165, 1.54) is 11.1 Å². The molecular weight excluding hydrogens is 264 g/mol. The van der Waals surface area contributed by atoms with Gasteiger partial charge in [-0.3, -0.25) is 4.79 Å². The molecule has 1 aromatic carbocycles. The minimum Gasteiger partial charge on any atom is -0.451 e. The Morgan fingerprint density at radius 2 is 2.10 bits per heavy atom. The lowest BCUT2D eigenvalue weighted by Crippen LogP contribution is -2.30. The number of benzene rings is 1. The highest BCUT2D eigenvalue weighted by molar-refractivity contribution is 5.96. The molecular formula is C17H22N2O2. The smallest absolute Gasteiger partial charge is 0.289 e. The fourth-order valence-electron chi connectivity index (χ4n) is 3.04. The van der Waals surface area contributed by atoms with E-state index in [0.717, 1.165) is 37.0 Å². The Balaban J connectivity index is 1.82. The Morgan fingerprint density at radius 3 is 2.86 bits per heavy atom. The van der Waals surface area contributed by atoms with Crippen LogP contribution in [0.25, 0.3) is 11.0 Å². The van der Waals surface area contributed by atoms with Gasteiger partial charge >= 0.3 is 0 Å². The van der Waals surface area contributed by atoms with Crippen molar-refractivity contribution in [2.75, 3.05) is 26.7 Å². The van der Waals surface area contributed by atoms with Crippen LogP contribution in [-0.2, 0) is 0 Å². The SMILES string of the molecule is CNCC1CCN(C(=O)c2cc3cc(C)c(C)cc3o2)C1. The molecule has 4 nitrogen and oxygen atoms in total. The molecule has 1 fully saturated rings. The van der Waals surface area contributed by atoms with E-state index in [1.807, 2.05) is 24.1 Å². The van der Waals surface area contributed by atoms with E-state index in [0.29, 0.717) is 11.7 Å². The number of rotatable bonds is 3. The minimum atomic E-state index is 0.0140. The molecule has 1 atom stereocenters. The fraction of sp³-hybridized carbons (Fsp3) is 0.471. The van der Waals surface area contributed by atoms with Crippen molar-refractivity contribution in [1.29, 1.82) is 0 Å². The highest BCUT2D eigenvalue weighted by atomic mass is 16.3. The Labute approximate surface area is 125 Å². The normalized spacial score (nSPS) is 18.6. The molecule has 0 radical (unpaired) electrons. The Kier molecular flexibility index (Phi) is 3.72. The van der Waals surface area contributed by atoms with E-state index >= 15 is 0 Å². The first-order valence-electron chi connectivity index (χ1n) is 7.53. The number of aryl methyl sites for hydroxylation is 2. The van der Waals surface area contributed by atoms with Crippen LogP contribution in [0.4, 0.5) is 0 Å². The molecule has 0 bridgehead atoms. The van der Waals surface area contributed by atoms with Crippen molar-refractivity contribution in [3.8, 4) is 0 Å². The van der Waals surface area contributed by atoms with Gasteiger partial charge in [0.2, 0.25) is 0 Å². The van der Waals surface area contributed by atoms with E-state index in [2.05, 4.69) is 25.2 Å². The molecule has 1 unspecified atom stereocenters. The van der Waals surface area contributed by atoms with Crippen LogP contribution in [0.2, 0.25) is 0 Å². The number of carbonyl (C=O) groups is 1. The third-order valence-corrected chi connectivity index (χ3v) is 4.41. The van der Waals surface area contributed by atoms with Gasteiger partial charge in [-0.2, -0.15) is 0 Å². The largest absolute Gasteiger partial charge is 0.451 e. The number of carbonyl (C=O) groups excluding carboxylic acids is 1. The van der Waals surface area contributed by atoms with Gasteiger partial charge in [0.1, 0.15) is 5.58 Å². The first kappa shape index (κ1) is 14.1. The van der Waals surface area contributed by atoms with Crippen LogP contribution in [0, 0.1) is 19.8 Å². The van der Waals surface area contributed by atoms with Crippen molar-refractivity contribution in [2.45, 2.75) is 20.3 Å². The van der Waals surface area contributed by atoms with E-state index in [1.54, 1.807) is 0 Å². The molecule has 0 aliphatic carbocycles. The van der Waals surface area contributed by atoms with Crippen molar-refractivity contribution in [3.63, 3.8) is 0 Å². The number of furan rings is 1. The van der Waals surface area contributed by atoms with Crippen LogP contribution in [-0.4, -0.2) is 37.5 Å². The van der Waals surface area contributed by atoms with E-state index < -0.39 is 0 Å². The van der Waals surface area contributed by atoms with Crippen LogP contribution in [0.5, 0.6) is 0 Å². The third-order valence-electron chi connectivity index (χ3n) is 4.41. The van der Waals surface area contributed by atoms with E-state index in [-0.39, 0.29) is 5.91 Å². The minimum absolute atomic E-state index is 0.0140. The molecule has 4 heteroatoms. The highest BCUT2D eigenvalue weighted by Gasteiger charge is 2.28. The summed E-state index contributed by atoms with van der Waals surface area (Å²) in [7, 11) is 1.95. The van der Waals surface area contributed by atoms with Crippen molar-refractivity contribution in [3.05, 3.63) is 35.1 Å². The quantitative estimate of drug-likeness (QED) is 0.943. The second-order valence-corrected chi connectivity index (χ2v) is 6.05. The first-order valence-corrected chi connectivity index (χ1v) is 7.53. The lowest BCUT2D eigenvalue weighted by atomic mass is 10.1. The second kappa shape index (κ2) is 5.53. The lowest BCUT2D eigenvalue weighted by Gasteiger charge is -2.14. The summed E-state index contributed by atoms with van der Waals surface area (Å²) in [6.45, 7) is 6.73. The number of fused-ring (bicyclic) bond motifs is 1. The average Bonchev–Trinajstić information content (AvgIpc) is 3.06. The molecule has 1 N–H and O–H groups in total. The van der Waals surface area contributed by atoms with Gasteiger partial charge in [0.05, 0.1) is 0 Å². The second-order valence-electron chi connectivity index (χ2n) is 6.05. The number of amides is 1. The van der Waals surface area contributed by atoms with Gasteiger partial charge in [0, 0.05) is 18.5 Å². The topological polar surface area (TPSA) is 45.5 Å². The third kappa shape index (κ3) is 2.68. The predicted octanol–water partition coefficient (Wildman–Crippen LogP) is 2.73. The lowest BCUT2D eigenvalue weighted by molar-refractivity contribution is 0.0758. The average molecular weight is 286 g/mol. The maximum atomic E-state index is 12.5. The summed E-state index contributed by atoms with van der Waals surface area (Å²) >= 11 is 0. The first-order chi connectivity index (χ1) is 10.1. The van der Waals surface area contributed by atoms with Crippen LogP contribution < -0.4 is 5.32 Å². The van der Waals surface area contributed by atoms with Crippen LogP contribution in [0.1, 0.15) is 28.1 Å². The predicted molar refractivity (Wildman–Crippen MR) is 83.6 cm³/mol. The molecule has 0 spiro atoms. The van der Waals surface area contributed by atoms with Gasteiger partial charge in [0.15, 0.2) is 5.76 Å². The Morgan fingerprint density at radius 1 is 1.33 bits per heavy atom. The van der Waals surface area contributed by atoms with Gasteiger partial charge in [-0.15, -0.1) is 0 Å². The van der Waals surface area contributed by atoms with Gasteiger partial charge in [-0.25, -0.2) is 0 Å². The molecule has 1 aliphatic heterocycles. The van der Waals surface area contributed by atoms with Crippen molar-refractivity contribution in [2.24, 2.45) is 5.92 Å². The summed E-state index contributed by atoms with van der Waals surface area (Å²) in [5, 5.41) is 4.19. The zero-order valence-electron chi connectivity index (χ0n) is 12.9. The van der Waals surface area contributed by atoms with Crippen LogP contribution in [0.15, 0.2) is 22.6 Å². The molecule has 3 rings (SSSR count). The van der Waals surface area contributed by atoms with Gasteiger partial charge in [0.25, 0.3) is 5.91 Å². The number of hydrogen-bond acceptors (Lipinski definition) is 3. The van der Waals surface area contributed by atoms with Gasteiger partial charge < -0.3 is 14.6 Å². The van der Waals surface area contributed by atoms with E-state index in [4.69, 9.17) is 4.42 Å². The standard InChI is InChI=1S/C17H22N2O2/c1-11-6-14-8-16(21-15(14)7-12(11)2)17(20)19-5-4-13(10-19)9-18-3/h6-8,13,18H,4-5,9-10H2,1-3H3. The molecule has 2 aromatic rings. The van der Waals surface area contributed by atoms with Gasteiger partial charge in [-0.05, 0) is 69.1 Å². The Hall–Kier alpha value is -1.81. The highest BCUT2D eigenvalue weighted by Crippen LogP contribution is 2.25. The number of nitrogens with zero attached hydrogens (tertiary/aromatic N) is 1. The number of likely N-dealkylation sites (tertiary alicyclic amines) is 1. The van der Waals surface area contributed by atoms with Crippen molar-refractivity contribution >= 4 is 16.9 Å². The number of hydrogen-bond donors (Lipinski definition) is 1. The summed E-state index contributed by atoms with van der Waals surface area (Å²) in [6, 6.07) is 5.96. The molecule has 21 heavy (non-hydrogen) atoms. The zero-order valence-corrected chi connectivity index (χ0v) is 12.9. The Bertz CT molecular complexity index is 636. The summed E-state index contributed by atoms with van der Waals surface area (Å²) in [4.78, 5) is 14.5. The van der Waals surface area contributed by atoms with Crippen LogP contribution in [0.3, 0.4) is 0 Å². The maximum Gasteiger partial charge on any atom is 0.289 e. The number of nitrogens with one attached hydrogen (secondary N) is 1. The fourth-order valence-corrected chi connectivity index (χ4v) is 3.04. The van der Waals surface area contributed by atoms with Crippen molar-refractivity contribution < 1.29 is 9.21 Å². The maximum absolute atomic E-state index is 12.5. The molecule has 1 saturated heterocycles. The molecule has 0 saturated carbocycles. The summed E-state index contributed by atoms with van der Waals surface area (Å²) in [5.41, 5.74) is 3.20. The molecule has 2 heterocycles. The monoisotopic (exact) mass is 286 g/mol. The summed E-state index contributed by atoms with van der Waals surface area (Å²) < 4.78 is 5.77. The van der Waals surface area contributed by atoms with Gasteiger partial charge in [-0.1, -0.05) is 0 Å². The van der Waals surface area contributed by atoms with E-state index in [9.17, 15) is 4.79 Å². The summed E-state index contributed by atoms with van der Waals surface area (Å²) in [6.07, 6.45) is 1.06. The summed E-state index contributed by atoms with van der Waals surface area (Å²) in [5.74, 6) is 1.02. The van der Waals surface area contributed by atoms with Crippen molar-refractivity contribution in [1.82, 2.24) is 10.2 Å². The molecule has 1 aromatic heterocycles. The zero-order chi connectivity index (χ0) is 15.0.